The molecule has 2 aromatic heterocycles. The standard InChI is InChI=1S/C19H20N4O/c1-22-11-8-15-16(4-2-5-17(15)22)19(24)23-12-6-14(7-13-23)18-20-9-3-10-21-18/h2-5,8-11,14H,6-7,12-13H2,1H3. The van der Waals surface area contributed by atoms with E-state index in [-0.39, 0.29) is 5.91 Å². The van der Waals surface area contributed by atoms with Crippen LogP contribution in [0.25, 0.3) is 10.9 Å². The molecule has 5 heteroatoms. The Kier molecular flexibility index (Phi) is 3.76. The van der Waals surface area contributed by atoms with Crippen LogP contribution in [0.15, 0.2) is 48.9 Å². The molecule has 122 valence electrons. The van der Waals surface area contributed by atoms with E-state index in [2.05, 4.69) is 9.97 Å². The van der Waals surface area contributed by atoms with Crippen LogP contribution in [-0.2, 0) is 7.05 Å². The zero-order chi connectivity index (χ0) is 16.5. The molecule has 1 fully saturated rings. The molecule has 1 aromatic carbocycles. The van der Waals surface area contributed by atoms with Crippen LogP contribution in [0, 0.1) is 0 Å². The van der Waals surface area contributed by atoms with Crippen molar-refractivity contribution >= 4 is 16.8 Å². The summed E-state index contributed by atoms with van der Waals surface area (Å²) < 4.78 is 2.05. The number of piperidine rings is 1. The molecule has 3 aromatic rings. The number of carbonyl (C=O) groups excluding carboxylic acids is 1. The van der Waals surface area contributed by atoms with Crippen LogP contribution >= 0.6 is 0 Å². The second-order valence-corrected chi connectivity index (χ2v) is 6.34. The maximum atomic E-state index is 13.0. The largest absolute Gasteiger partial charge is 0.351 e. The summed E-state index contributed by atoms with van der Waals surface area (Å²) >= 11 is 0. The maximum absolute atomic E-state index is 13.0. The summed E-state index contributed by atoms with van der Waals surface area (Å²) in [6, 6.07) is 9.79. The van der Waals surface area contributed by atoms with Gasteiger partial charge < -0.3 is 9.47 Å². The average Bonchev–Trinajstić information content (AvgIpc) is 3.03. The van der Waals surface area contributed by atoms with Crippen molar-refractivity contribution in [2.75, 3.05) is 13.1 Å². The number of aryl methyl sites for hydroxylation is 1. The molecule has 24 heavy (non-hydrogen) atoms. The molecule has 5 nitrogen and oxygen atoms in total. The van der Waals surface area contributed by atoms with Gasteiger partial charge in [-0.3, -0.25) is 4.79 Å². The minimum Gasteiger partial charge on any atom is -0.351 e. The number of hydrogen-bond acceptors (Lipinski definition) is 3. The lowest BCUT2D eigenvalue weighted by atomic mass is 9.95. The number of carbonyl (C=O) groups is 1. The number of aromatic nitrogens is 3. The lowest BCUT2D eigenvalue weighted by molar-refractivity contribution is 0.0713. The van der Waals surface area contributed by atoms with Gasteiger partial charge in [0.15, 0.2) is 0 Å². The van der Waals surface area contributed by atoms with Gasteiger partial charge >= 0.3 is 0 Å². The van der Waals surface area contributed by atoms with E-state index in [0.29, 0.717) is 5.92 Å². The molecule has 4 rings (SSSR count). The maximum Gasteiger partial charge on any atom is 0.254 e. The van der Waals surface area contributed by atoms with Crippen LogP contribution in [-0.4, -0.2) is 38.4 Å². The Morgan fingerprint density at radius 1 is 1.08 bits per heavy atom. The summed E-state index contributed by atoms with van der Waals surface area (Å²) in [5.41, 5.74) is 1.89. The zero-order valence-electron chi connectivity index (χ0n) is 13.7. The number of fused-ring (bicyclic) bond motifs is 1. The van der Waals surface area contributed by atoms with Crippen LogP contribution in [0.5, 0.6) is 0 Å². The average molecular weight is 320 g/mol. The molecule has 0 atom stereocenters. The molecule has 1 amide bonds. The van der Waals surface area contributed by atoms with Crippen molar-refractivity contribution in [2.45, 2.75) is 18.8 Å². The molecule has 0 unspecified atom stereocenters. The molecule has 1 aliphatic rings. The van der Waals surface area contributed by atoms with Crippen molar-refractivity contribution in [3.05, 3.63) is 60.3 Å². The third-order valence-electron chi connectivity index (χ3n) is 4.89. The van der Waals surface area contributed by atoms with E-state index in [1.165, 1.54) is 0 Å². The van der Waals surface area contributed by atoms with E-state index >= 15 is 0 Å². The van der Waals surface area contributed by atoms with Gasteiger partial charge in [-0.1, -0.05) is 6.07 Å². The lowest BCUT2D eigenvalue weighted by Crippen LogP contribution is -2.38. The summed E-state index contributed by atoms with van der Waals surface area (Å²) in [5.74, 6) is 1.37. The first kappa shape index (κ1) is 14.9. The Hall–Kier alpha value is -2.69. The predicted molar refractivity (Wildman–Crippen MR) is 92.8 cm³/mol. The SMILES string of the molecule is Cn1ccc2c(C(=O)N3CCC(c4ncccn4)CC3)cccc21. The zero-order valence-corrected chi connectivity index (χ0v) is 13.7. The monoisotopic (exact) mass is 320 g/mol. The summed E-state index contributed by atoms with van der Waals surface area (Å²) in [6.07, 6.45) is 7.41. The fourth-order valence-electron chi connectivity index (χ4n) is 3.52. The Morgan fingerprint density at radius 2 is 1.83 bits per heavy atom. The van der Waals surface area contributed by atoms with Crippen molar-refractivity contribution in [2.24, 2.45) is 7.05 Å². The van der Waals surface area contributed by atoms with Gasteiger partial charge in [0.1, 0.15) is 5.82 Å². The summed E-state index contributed by atoms with van der Waals surface area (Å²) in [7, 11) is 2.00. The quantitative estimate of drug-likeness (QED) is 0.729. The number of benzene rings is 1. The number of nitrogens with zero attached hydrogens (tertiary/aromatic N) is 4. The molecule has 0 N–H and O–H groups in total. The topological polar surface area (TPSA) is 51.0 Å². The highest BCUT2D eigenvalue weighted by Gasteiger charge is 2.26. The van der Waals surface area contributed by atoms with Crippen LogP contribution in [0.1, 0.15) is 34.9 Å². The van der Waals surface area contributed by atoms with Crippen molar-refractivity contribution in [1.82, 2.24) is 19.4 Å². The van der Waals surface area contributed by atoms with Crippen LogP contribution in [0.4, 0.5) is 0 Å². The third-order valence-corrected chi connectivity index (χ3v) is 4.89. The molecule has 3 heterocycles. The Morgan fingerprint density at radius 3 is 2.58 bits per heavy atom. The first-order valence-electron chi connectivity index (χ1n) is 8.34. The second-order valence-electron chi connectivity index (χ2n) is 6.34. The van der Waals surface area contributed by atoms with E-state index in [1.807, 2.05) is 53.0 Å². The normalized spacial score (nSPS) is 15.8. The van der Waals surface area contributed by atoms with Gasteiger partial charge in [0, 0.05) is 61.1 Å². The molecule has 0 aliphatic carbocycles. The predicted octanol–water partition coefficient (Wildman–Crippen LogP) is 2.99. The highest BCUT2D eigenvalue weighted by molar-refractivity contribution is 6.06. The molecule has 0 radical (unpaired) electrons. The van der Waals surface area contributed by atoms with Crippen molar-refractivity contribution in [1.29, 1.82) is 0 Å². The first-order valence-corrected chi connectivity index (χ1v) is 8.34. The van der Waals surface area contributed by atoms with Crippen molar-refractivity contribution in [3.8, 4) is 0 Å². The summed E-state index contributed by atoms with van der Waals surface area (Å²) in [4.78, 5) is 23.6. The Labute approximate surface area is 140 Å². The lowest BCUT2D eigenvalue weighted by Gasteiger charge is -2.31. The fourth-order valence-corrected chi connectivity index (χ4v) is 3.52. The minimum atomic E-state index is 0.124. The van der Waals surface area contributed by atoms with Crippen LogP contribution in [0.2, 0.25) is 0 Å². The highest BCUT2D eigenvalue weighted by Crippen LogP contribution is 2.27. The van der Waals surface area contributed by atoms with E-state index < -0.39 is 0 Å². The first-order chi connectivity index (χ1) is 11.7. The summed E-state index contributed by atoms with van der Waals surface area (Å²) in [5, 5.41) is 1.03. The number of rotatable bonds is 2. The van der Waals surface area contributed by atoms with Gasteiger partial charge in [0.05, 0.1) is 0 Å². The number of hydrogen-bond donors (Lipinski definition) is 0. The van der Waals surface area contributed by atoms with Gasteiger partial charge in [0.2, 0.25) is 0 Å². The molecule has 0 spiro atoms. The molecule has 0 saturated carbocycles. The van der Waals surface area contributed by atoms with Crippen LogP contribution < -0.4 is 0 Å². The molecule has 0 bridgehead atoms. The molecular weight excluding hydrogens is 300 g/mol. The smallest absolute Gasteiger partial charge is 0.254 e. The number of likely N-dealkylation sites (tertiary alicyclic amines) is 1. The second kappa shape index (κ2) is 6.07. The molecule has 1 aliphatic heterocycles. The van der Waals surface area contributed by atoms with E-state index in [4.69, 9.17) is 0 Å². The number of amides is 1. The molecular formula is C19H20N4O. The Balaban J connectivity index is 1.52. The van der Waals surface area contributed by atoms with Gasteiger partial charge in [-0.05, 0) is 37.1 Å². The van der Waals surface area contributed by atoms with E-state index in [0.717, 1.165) is 48.2 Å². The van der Waals surface area contributed by atoms with Crippen LogP contribution in [0.3, 0.4) is 0 Å². The van der Waals surface area contributed by atoms with Gasteiger partial charge in [-0.2, -0.15) is 0 Å². The van der Waals surface area contributed by atoms with Gasteiger partial charge in [-0.25, -0.2) is 9.97 Å². The molecule has 1 saturated heterocycles. The van der Waals surface area contributed by atoms with E-state index in [1.54, 1.807) is 12.4 Å². The van der Waals surface area contributed by atoms with Crippen molar-refractivity contribution < 1.29 is 4.79 Å². The third kappa shape index (κ3) is 2.56. The van der Waals surface area contributed by atoms with Gasteiger partial charge in [0.25, 0.3) is 5.91 Å². The van der Waals surface area contributed by atoms with Gasteiger partial charge in [-0.15, -0.1) is 0 Å². The summed E-state index contributed by atoms with van der Waals surface area (Å²) in [6.45, 7) is 1.51. The Bertz CT molecular complexity index is 863. The highest BCUT2D eigenvalue weighted by atomic mass is 16.2. The van der Waals surface area contributed by atoms with Crippen molar-refractivity contribution in [3.63, 3.8) is 0 Å². The van der Waals surface area contributed by atoms with E-state index in [9.17, 15) is 4.79 Å². The fraction of sp³-hybridized carbons (Fsp3) is 0.316. The minimum absolute atomic E-state index is 0.124.